The van der Waals surface area contributed by atoms with Crippen LogP contribution in [0.2, 0.25) is 0 Å². The molecule has 32 heavy (non-hydrogen) atoms. The highest BCUT2D eigenvalue weighted by Crippen LogP contribution is 2.39. The molecule has 1 saturated heterocycles. The van der Waals surface area contributed by atoms with Crippen LogP contribution in [-0.2, 0) is 21.4 Å². The number of carbonyl (C=O) groups excluding carboxylic acids is 1. The number of carbonyl (C=O) groups is 1. The lowest BCUT2D eigenvalue weighted by Gasteiger charge is -2.25. The van der Waals surface area contributed by atoms with Crippen molar-refractivity contribution in [3.05, 3.63) is 47.0 Å². The fourth-order valence-corrected chi connectivity index (χ4v) is 4.24. The van der Waals surface area contributed by atoms with Gasteiger partial charge >= 0.3 is 5.97 Å². The molecule has 2 heterocycles. The van der Waals surface area contributed by atoms with Gasteiger partial charge in [-0.1, -0.05) is 39.0 Å². The molecule has 2 aromatic carbocycles. The minimum absolute atomic E-state index is 0.00562. The summed E-state index contributed by atoms with van der Waals surface area (Å²) in [4.78, 5) is 14.0. The summed E-state index contributed by atoms with van der Waals surface area (Å²) >= 11 is 0. The fourth-order valence-electron chi connectivity index (χ4n) is 4.24. The molecule has 0 amide bonds. The first kappa shape index (κ1) is 22.3. The molecule has 170 valence electrons. The molecule has 0 spiro atoms. The van der Waals surface area contributed by atoms with Crippen molar-refractivity contribution >= 4 is 17.0 Å². The van der Waals surface area contributed by atoms with Crippen LogP contribution in [0.15, 0.2) is 30.3 Å². The number of hydrogen-bond acceptors (Lipinski definition) is 6. The van der Waals surface area contributed by atoms with Gasteiger partial charge in [-0.15, -0.1) is 15.0 Å². The molecular formula is C25H32N4O3. The first-order chi connectivity index (χ1) is 15.2. The van der Waals surface area contributed by atoms with E-state index in [9.17, 15) is 9.90 Å². The SMILES string of the molecule is Cc1c(CCC(=O)OC2CCNCC2)cc(C(C)(C)C)c(O)c1-n1nc2ccccc2n1. The Morgan fingerprint density at radius 3 is 2.41 bits per heavy atom. The number of aromatic hydroxyl groups is 1. The molecule has 7 nitrogen and oxygen atoms in total. The molecular weight excluding hydrogens is 404 g/mol. The zero-order valence-electron chi connectivity index (χ0n) is 19.3. The van der Waals surface area contributed by atoms with E-state index in [4.69, 9.17) is 4.74 Å². The molecule has 2 N–H and O–H groups in total. The van der Waals surface area contributed by atoms with Crippen molar-refractivity contribution in [1.82, 2.24) is 20.3 Å². The van der Waals surface area contributed by atoms with E-state index >= 15 is 0 Å². The number of ether oxygens (including phenoxy) is 1. The second-order valence-electron chi connectivity index (χ2n) is 9.57. The predicted octanol–water partition coefficient (Wildman–Crippen LogP) is 3.96. The van der Waals surface area contributed by atoms with Crippen LogP contribution in [-0.4, -0.2) is 45.3 Å². The van der Waals surface area contributed by atoms with Gasteiger partial charge in [0.05, 0.1) is 0 Å². The Balaban J connectivity index is 1.66. The highest BCUT2D eigenvalue weighted by molar-refractivity contribution is 5.74. The molecule has 1 aliphatic heterocycles. The number of piperidine rings is 1. The van der Waals surface area contributed by atoms with Crippen molar-refractivity contribution in [2.75, 3.05) is 13.1 Å². The zero-order valence-corrected chi connectivity index (χ0v) is 19.3. The van der Waals surface area contributed by atoms with Crippen molar-refractivity contribution in [2.24, 2.45) is 0 Å². The van der Waals surface area contributed by atoms with E-state index in [1.807, 2.05) is 37.3 Å². The lowest BCUT2D eigenvalue weighted by molar-refractivity contribution is -0.150. The maximum absolute atomic E-state index is 12.5. The summed E-state index contributed by atoms with van der Waals surface area (Å²) in [6.45, 7) is 9.90. The molecule has 7 heteroatoms. The predicted molar refractivity (Wildman–Crippen MR) is 124 cm³/mol. The molecule has 1 fully saturated rings. The largest absolute Gasteiger partial charge is 0.505 e. The van der Waals surface area contributed by atoms with E-state index in [1.54, 1.807) is 0 Å². The lowest BCUT2D eigenvalue weighted by Crippen LogP contribution is -2.33. The second kappa shape index (κ2) is 8.90. The summed E-state index contributed by atoms with van der Waals surface area (Å²) in [5, 5.41) is 23.7. The van der Waals surface area contributed by atoms with Crippen molar-refractivity contribution in [2.45, 2.75) is 64.9 Å². The van der Waals surface area contributed by atoms with Crippen LogP contribution >= 0.6 is 0 Å². The molecule has 1 aromatic heterocycles. The molecule has 0 radical (unpaired) electrons. The Hall–Kier alpha value is -2.93. The number of aryl methyl sites for hydroxylation is 1. The monoisotopic (exact) mass is 436 g/mol. The van der Waals surface area contributed by atoms with Gasteiger partial charge in [-0.3, -0.25) is 4.79 Å². The van der Waals surface area contributed by atoms with Crippen LogP contribution in [0.4, 0.5) is 0 Å². The highest BCUT2D eigenvalue weighted by atomic mass is 16.5. The smallest absolute Gasteiger partial charge is 0.306 e. The number of hydrogen-bond donors (Lipinski definition) is 2. The number of esters is 1. The highest BCUT2D eigenvalue weighted by Gasteiger charge is 2.26. The maximum atomic E-state index is 12.5. The fraction of sp³-hybridized carbons (Fsp3) is 0.480. The molecule has 4 rings (SSSR count). The van der Waals surface area contributed by atoms with E-state index < -0.39 is 0 Å². The summed E-state index contributed by atoms with van der Waals surface area (Å²) in [7, 11) is 0. The van der Waals surface area contributed by atoms with Gasteiger partial charge in [0, 0.05) is 12.0 Å². The van der Waals surface area contributed by atoms with Crippen LogP contribution in [0, 0.1) is 6.92 Å². The Morgan fingerprint density at radius 1 is 1.19 bits per heavy atom. The molecule has 3 aromatic rings. The molecule has 0 bridgehead atoms. The number of rotatable bonds is 5. The minimum atomic E-state index is -0.288. The first-order valence-corrected chi connectivity index (χ1v) is 11.3. The number of phenolic OH excluding ortho intramolecular Hbond substituents is 1. The van der Waals surface area contributed by atoms with Crippen LogP contribution in [0.1, 0.15) is 56.7 Å². The van der Waals surface area contributed by atoms with Crippen molar-refractivity contribution in [1.29, 1.82) is 0 Å². The van der Waals surface area contributed by atoms with Crippen LogP contribution in [0.25, 0.3) is 16.7 Å². The van der Waals surface area contributed by atoms with Gasteiger partial charge < -0.3 is 15.2 Å². The number of fused-ring (bicyclic) bond motifs is 1. The number of nitrogens with one attached hydrogen (secondary N) is 1. The Kier molecular flexibility index (Phi) is 6.20. The Labute approximate surface area is 188 Å². The molecule has 0 aliphatic carbocycles. The van der Waals surface area contributed by atoms with Gasteiger partial charge in [-0.25, -0.2) is 0 Å². The summed E-state index contributed by atoms with van der Waals surface area (Å²) in [6, 6.07) is 9.64. The number of nitrogens with zero attached hydrogens (tertiary/aromatic N) is 3. The molecule has 0 saturated carbocycles. The van der Waals surface area contributed by atoms with Gasteiger partial charge in [0.1, 0.15) is 28.6 Å². The summed E-state index contributed by atoms with van der Waals surface area (Å²) in [5.41, 5.74) is 4.47. The van der Waals surface area contributed by atoms with Gasteiger partial charge in [0.25, 0.3) is 0 Å². The maximum Gasteiger partial charge on any atom is 0.306 e. The number of benzene rings is 2. The second-order valence-corrected chi connectivity index (χ2v) is 9.57. The summed E-state index contributed by atoms with van der Waals surface area (Å²) in [6.07, 6.45) is 2.56. The standard InChI is InChI=1S/C25H32N4O3/c1-16-17(9-10-22(30)32-18-11-13-26-14-12-18)15-19(25(2,3)4)24(31)23(16)29-27-20-7-5-6-8-21(20)28-29/h5-8,15,18,26,31H,9-14H2,1-4H3. The third kappa shape index (κ3) is 4.63. The Bertz CT molecular complexity index is 1090. The van der Waals surface area contributed by atoms with Crippen molar-refractivity contribution in [3.8, 4) is 11.4 Å². The van der Waals surface area contributed by atoms with E-state index in [1.165, 1.54) is 4.80 Å². The average Bonchev–Trinajstić information content (AvgIpc) is 3.16. The summed E-state index contributed by atoms with van der Waals surface area (Å²) in [5.74, 6) is 0.00234. The lowest BCUT2D eigenvalue weighted by atomic mass is 9.83. The van der Waals surface area contributed by atoms with Gasteiger partial charge in [0.2, 0.25) is 0 Å². The van der Waals surface area contributed by atoms with E-state index in [0.29, 0.717) is 18.5 Å². The van der Waals surface area contributed by atoms with Crippen LogP contribution < -0.4 is 5.32 Å². The van der Waals surface area contributed by atoms with Gasteiger partial charge in [-0.05, 0) is 68.0 Å². The van der Waals surface area contributed by atoms with Crippen LogP contribution in [0.5, 0.6) is 5.75 Å². The van der Waals surface area contributed by atoms with E-state index in [2.05, 4.69) is 36.3 Å². The van der Waals surface area contributed by atoms with E-state index in [0.717, 1.165) is 53.7 Å². The minimum Gasteiger partial charge on any atom is -0.505 e. The van der Waals surface area contributed by atoms with Crippen molar-refractivity contribution in [3.63, 3.8) is 0 Å². The zero-order chi connectivity index (χ0) is 22.9. The third-order valence-electron chi connectivity index (χ3n) is 6.11. The first-order valence-electron chi connectivity index (χ1n) is 11.3. The van der Waals surface area contributed by atoms with Gasteiger partial charge in [0.15, 0.2) is 0 Å². The molecule has 1 aliphatic rings. The molecule has 0 unspecified atom stereocenters. The van der Waals surface area contributed by atoms with Crippen LogP contribution in [0.3, 0.4) is 0 Å². The average molecular weight is 437 g/mol. The van der Waals surface area contributed by atoms with E-state index in [-0.39, 0.29) is 23.2 Å². The number of aromatic nitrogens is 3. The topological polar surface area (TPSA) is 89.3 Å². The third-order valence-corrected chi connectivity index (χ3v) is 6.11. The van der Waals surface area contributed by atoms with Crippen molar-refractivity contribution < 1.29 is 14.6 Å². The quantitative estimate of drug-likeness (QED) is 0.589. The molecule has 0 atom stereocenters. The summed E-state index contributed by atoms with van der Waals surface area (Å²) < 4.78 is 5.67. The number of phenols is 1. The van der Waals surface area contributed by atoms with Gasteiger partial charge in [-0.2, -0.15) is 0 Å². The Morgan fingerprint density at radius 2 is 1.81 bits per heavy atom. The normalized spacial score (nSPS) is 15.2.